The first-order valence-corrected chi connectivity index (χ1v) is 5.42. The van der Waals surface area contributed by atoms with Crippen LogP contribution in [-0.4, -0.2) is 20.3 Å². The predicted molar refractivity (Wildman–Crippen MR) is 58.7 cm³/mol. The summed E-state index contributed by atoms with van der Waals surface area (Å²) in [5, 5.41) is 0. The maximum absolute atomic E-state index is 13.4. The van der Waals surface area contributed by atoms with Gasteiger partial charge in [0.1, 0.15) is 11.6 Å². The van der Waals surface area contributed by atoms with E-state index in [0.29, 0.717) is 13.2 Å². The fraction of sp³-hybridized carbons (Fsp3) is 0.400. The number of benzene rings is 1. The summed E-state index contributed by atoms with van der Waals surface area (Å²) in [6.45, 7) is 0.686. The molecular formula is C10H12BrF2NO2. The smallest absolute Gasteiger partial charge is 0.144 e. The fourth-order valence-electron chi connectivity index (χ4n) is 1.05. The van der Waals surface area contributed by atoms with Crippen LogP contribution in [0.5, 0.6) is 0 Å². The van der Waals surface area contributed by atoms with Crippen LogP contribution in [0.3, 0.4) is 0 Å². The summed E-state index contributed by atoms with van der Waals surface area (Å²) in [5.74, 6) is -1.23. The minimum atomic E-state index is -0.622. The van der Waals surface area contributed by atoms with Gasteiger partial charge in [-0.2, -0.15) is 5.48 Å². The Kier molecular flexibility index (Phi) is 5.83. The van der Waals surface area contributed by atoms with E-state index in [1.807, 2.05) is 0 Å². The number of rotatable bonds is 6. The average molecular weight is 296 g/mol. The first kappa shape index (κ1) is 13.5. The zero-order valence-corrected chi connectivity index (χ0v) is 10.3. The lowest BCUT2D eigenvalue weighted by Crippen LogP contribution is -2.18. The summed E-state index contributed by atoms with van der Waals surface area (Å²) in [7, 11) is 1.54. The van der Waals surface area contributed by atoms with Crippen molar-refractivity contribution in [3.63, 3.8) is 0 Å². The van der Waals surface area contributed by atoms with Gasteiger partial charge in [0.2, 0.25) is 0 Å². The van der Waals surface area contributed by atoms with Crippen LogP contribution in [0.4, 0.5) is 8.78 Å². The molecule has 16 heavy (non-hydrogen) atoms. The first-order chi connectivity index (χ1) is 7.66. The first-order valence-electron chi connectivity index (χ1n) is 4.62. The molecule has 1 N–H and O–H groups in total. The maximum Gasteiger partial charge on any atom is 0.144 e. The molecule has 1 aromatic carbocycles. The molecule has 0 heterocycles. The highest BCUT2D eigenvalue weighted by atomic mass is 79.9. The van der Waals surface area contributed by atoms with Gasteiger partial charge in [0.05, 0.1) is 24.2 Å². The van der Waals surface area contributed by atoms with Crippen molar-refractivity contribution in [2.75, 3.05) is 20.3 Å². The fourth-order valence-corrected chi connectivity index (χ4v) is 1.42. The van der Waals surface area contributed by atoms with Gasteiger partial charge in [0.15, 0.2) is 0 Å². The van der Waals surface area contributed by atoms with Crippen LogP contribution in [-0.2, 0) is 16.1 Å². The second-order valence-corrected chi connectivity index (χ2v) is 3.84. The van der Waals surface area contributed by atoms with Crippen molar-refractivity contribution < 1.29 is 18.4 Å². The van der Waals surface area contributed by atoms with Crippen LogP contribution >= 0.6 is 15.9 Å². The van der Waals surface area contributed by atoms with Crippen molar-refractivity contribution in [1.29, 1.82) is 0 Å². The van der Waals surface area contributed by atoms with Crippen molar-refractivity contribution in [3.05, 3.63) is 33.8 Å². The molecule has 3 nitrogen and oxygen atoms in total. The molecule has 90 valence electrons. The van der Waals surface area contributed by atoms with Gasteiger partial charge in [-0.25, -0.2) is 8.78 Å². The van der Waals surface area contributed by atoms with E-state index < -0.39 is 11.6 Å². The predicted octanol–water partition coefficient (Wildman–Crippen LogP) is 2.39. The van der Waals surface area contributed by atoms with Crippen LogP contribution in [0, 0.1) is 11.6 Å². The third-order valence-electron chi connectivity index (χ3n) is 1.88. The van der Waals surface area contributed by atoms with Crippen molar-refractivity contribution >= 4 is 15.9 Å². The molecule has 0 bridgehead atoms. The Morgan fingerprint density at radius 1 is 1.31 bits per heavy atom. The summed E-state index contributed by atoms with van der Waals surface area (Å²) in [4.78, 5) is 4.90. The Morgan fingerprint density at radius 3 is 2.75 bits per heavy atom. The molecule has 1 rings (SSSR count). The maximum atomic E-state index is 13.4. The molecule has 0 saturated carbocycles. The molecule has 0 fully saturated rings. The highest BCUT2D eigenvalue weighted by molar-refractivity contribution is 9.10. The number of hydrogen-bond donors (Lipinski definition) is 1. The third-order valence-corrected chi connectivity index (χ3v) is 2.49. The lowest BCUT2D eigenvalue weighted by molar-refractivity contribution is 0.00264. The van der Waals surface area contributed by atoms with Gasteiger partial charge in [0.25, 0.3) is 0 Å². The molecule has 6 heteroatoms. The average Bonchev–Trinajstić information content (AvgIpc) is 2.28. The van der Waals surface area contributed by atoms with E-state index in [9.17, 15) is 8.78 Å². The molecule has 0 aromatic heterocycles. The topological polar surface area (TPSA) is 30.5 Å². The Balaban J connectivity index is 2.50. The monoisotopic (exact) mass is 295 g/mol. The Hall–Kier alpha value is -0.560. The van der Waals surface area contributed by atoms with Gasteiger partial charge in [-0.1, -0.05) is 0 Å². The summed E-state index contributed by atoms with van der Waals surface area (Å²) in [5.41, 5.74) is 2.40. The minimum absolute atomic E-state index is 0.0409. The number of hydroxylamine groups is 1. The summed E-state index contributed by atoms with van der Waals surface area (Å²) in [6.07, 6.45) is 0. The summed E-state index contributed by atoms with van der Waals surface area (Å²) >= 11 is 2.98. The molecule has 0 radical (unpaired) electrons. The molecule has 0 aliphatic heterocycles. The number of methoxy groups -OCH3 is 1. The van der Waals surface area contributed by atoms with E-state index in [-0.39, 0.29) is 16.6 Å². The molecule has 1 aromatic rings. The minimum Gasteiger partial charge on any atom is -0.382 e. The normalized spacial score (nSPS) is 10.8. The summed E-state index contributed by atoms with van der Waals surface area (Å²) < 4.78 is 31.6. The second kappa shape index (κ2) is 6.90. The largest absolute Gasteiger partial charge is 0.382 e. The Bertz CT molecular complexity index is 350. The van der Waals surface area contributed by atoms with E-state index in [1.165, 1.54) is 19.2 Å². The molecular weight excluding hydrogens is 284 g/mol. The quantitative estimate of drug-likeness (QED) is 0.497. The highest BCUT2D eigenvalue weighted by Crippen LogP contribution is 2.21. The van der Waals surface area contributed by atoms with Crippen LogP contribution in [0.1, 0.15) is 5.56 Å². The van der Waals surface area contributed by atoms with Gasteiger partial charge < -0.3 is 4.74 Å². The Labute approximate surface area is 101 Å². The molecule has 0 aliphatic carbocycles. The lowest BCUT2D eigenvalue weighted by Gasteiger charge is -2.08. The van der Waals surface area contributed by atoms with Gasteiger partial charge in [-0.3, -0.25) is 4.84 Å². The molecule has 0 amide bonds. The highest BCUT2D eigenvalue weighted by Gasteiger charge is 2.11. The summed E-state index contributed by atoms with van der Waals surface area (Å²) in [6, 6.07) is 2.51. The number of nitrogens with one attached hydrogen (secondary N) is 1. The van der Waals surface area contributed by atoms with E-state index in [1.54, 1.807) is 0 Å². The van der Waals surface area contributed by atoms with Crippen LogP contribution < -0.4 is 5.48 Å². The van der Waals surface area contributed by atoms with Crippen molar-refractivity contribution in [1.82, 2.24) is 5.48 Å². The molecule has 0 spiro atoms. The lowest BCUT2D eigenvalue weighted by atomic mass is 10.2. The van der Waals surface area contributed by atoms with Gasteiger partial charge in [0, 0.05) is 12.7 Å². The molecule has 0 aliphatic rings. The van der Waals surface area contributed by atoms with E-state index in [2.05, 4.69) is 21.4 Å². The van der Waals surface area contributed by atoms with Crippen LogP contribution in [0.2, 0.25) is 0 Å². The zero-order chi connectivity index (χ0) is 12.0. The van der Waals surface area contributed by atoms with Gasteiger partial charge in [-0.15, -0.1) is 0 Å². The number of halogens is 3. The van der Waals surface area contributed by atoms with Crippen molar-refractivity contribution in [2.45, 2.75) is 6.54 Å². The molecule has 0 saturated heterocycles. The third kappa shape index (κ3) is 3.79. The Morgan fingerprint density at radius 2 is 2.06 bits per heavy atom. The van der Waals surface area contributed by atoms with Gasteiger partial charge in [-0.05, 0) is 28.1 Å². The van der Waals surface area contributed by atoms with E-state index in [0.717, 1.165) is 0 Å². The number of hydrogen-bond acceptors (Lipinski definition) is 3. The van der Waals surface area contributed by atoms with Crippen LogP contribution in [0.15, 0.2) is 16.6 Å². The van der Waals surface area contributed by atoms with E-state index >= 15 is 0 Å². The zero-order valence-electron chi connectivity index (χ0n) is 8.73. The molecule has 0 atom stereocenters. The SMILES string of the molecule is COCCONCc1c(F)ccc(Br)c1F. The number of ether oxygens (including phenoxy) is 1. The van der Waals surface area contributed by atoms with Gasteiger partial charge >= 0.3 is 0 Å². The standard InChI is InChI=1S/C10H12BrF2NO2/c1-15-4-5-16-14-6-7-9(12)3-2-8(11)10(7)13/h2-3,14H,4-6H2,1H3. The second-order valence-electron chi connectivity index (χ2n) is 2.98. The molecule has 0 unspecified atom stereocenters. The van der Waals surface area contributed by atoms with Crippen LogP contribution in [0.25, 0.3) is 0 Å². The van der Waals surface area contributed by atoms with Crippen molar-refractivity contribution in [3.8, 4) is 0 Å². The van der Waals surface area contributed by atoms with Crippen molar-refractivity contribution in [2.24, 2.45) is 0 Å². The van der Waals surface area contributed by atoms with E-state index in [4.69, 9.17) is 9.57 Å².